The minimum atomic E-state index is -1.36. The molecule has 1 aromatic heterocycles. The molecule has 2 rings (SSSR count). The average Bonchev–Trinajstić information content (AvgIpc) is 2.29. The highest BCUT2D eigenvalue weighted by Crippen LogP contribution is 2.17. The number of morpholine rings is 1. The van der Waals surface area contributed by atoms with Gasteiger partial charge < -0.3 is 9.84 Å². The van der Waals surface area contributed by atoms with Crippen LogP contribution in [0.2, 0.25) is 0 Å². The van der Waals surface area contributed by atoms with E-state index in [9.17, 15) is 14.4 Å². The number of anilines is 1. The molecular weight excluding hydrogens is 230 g/mol. The Labute approximate surface area is 94.8 Å². The summed E-state index contributed by atoms with van der Waals surface area (Å²) in [5.41, 5.74) is -0.448. The van der Waals surface area contributed by atoms with Crippen LogP contribution in [0.1, 0.15) is 10.5 Å². The normalized spacial score (nSPS) is 16.1. The quantitative estimate of drug-likeness (QED) is 0.661. The Morgan fingerprint density at radius 1 is 1.24 bits per heavy atom. The lowest BCUT2D eigenvalue weighted by molar-refractivity contribution is -0.138. The SMILES string of the molecule is O=C(O)c1nccnc1N1C(=O)COCC1=O. The van der Waals surface area contributed by atoms with E-state index in [0.717, 1.165) is 0 Å². The molecule has 1 aliphatic rings. The Bertz CT molecular complexity index is 485. The van der Waals surface area contributed by atoms with Crippen molar-refractivity contribution in [3.8, 4) is 0 Å². The first-order chi connectivity index (χ1) is 8.11. The molecule has 0 aromatic carbocycles. The summed E-state index contributed by atoms with van der Waals surface area (Å²) in [6.07, 6.45) is 2.38. The summed E-state index contributed by atoms with van der Waals surface area (Å²) in [5.74, 6) is -2.97. The van der Waals surface area contributed by atoms with E-state index in [-0.39, 0.29) is 19.0 Å². The molecular formula is C9H7N3O5. The second-order valence-corrected chi connectivity index (χ2v) is 3.15. The number of carboxylic acid groups (broad SMARTS) is 1. The lowest BCUT2D eigenvalue weighted by Gasteiger charge is -2.24. The molecule has 0 unspecified atom stereocenters. The van der Waals surface area contributed by atoms with E-state index in [4.69, 9.17) is 9.84 Å². The van der Waals surface area contributed by atoms with Gasteiger partial charge in [0.05, 0.1) is 0 Å². The Hall–Kier alpha value is -2.35. The van der Waals surface area contributed by atoms with Gasteiger partial charge in [-0.15, -0.1) is 0 Å². The van der Waals surface area contributed by atoms with Gasteiger partial charge in [-0.05, 0) is 0 Å². The molecule has 8 nitrogen and oxygen atoms in total. The van der Waals surface area contributed by atoms with Gasteiger partial charge >= 0.3 is 5.97 Å². The molecule has 1 N–H and O–H groups in total. The van der Waals surface area contributed by atoms with E-state index in [1.54, 1.807) is 0 Å². The van der Waals surface area contributed by atoms with Gasteiger partial charge in [-0.1, -0.05) is 0 Å². The first-order valence-electron chi connectivity index (χ1n) is 4.59. The third kappa shape index (κ3) is 1.97. The fourth-order valence-corrected chi connectivity index (χ4v) is 1.38. The maximum Gasteiger partial charge on any atom is 0.358 e. The van der Waals surface area contributed by atoms with Crippen molar-refractivity contribution in [2.45, 2.75) is 0 Å². The van der Waals surface area contributed by atoms with Gasteiger partial charge in [0.15, 0.2) is 11.5 Å². The minimum absolute atomic E-state index is 0.279. The van der Waals surface area contributed by atoms with Crippen LogP contribution in [0.25, 0.3) is 0 Å². The molecule has 0 saturated carbocycles. The molecule has 88 valence electrons. The van der Waals surface area contributed by atoms with Gasteiger partial charge in [-0.25, -0.2) is 19.7 Å². The predicted molar refractivity (Wildman–Crippen MR) is 52.3 cm³/mol. The first-order valence-corrected chi connectivity index (χ1v) is 4.59. The largest absolute Gasteiger partial charge is 0.476 e. The fraction of sp³-hybridized carbons (Fsp3) is 0.222. The van der Waals surface area contributed by atoms with Gasteiger partial charge in [0, 0.05) is 12.4 Å². The molecule has 1 aromatic rings. The molecule has 0 bridgehead atoms. The van der Waals surface area contributed by atoms with E-state index in [2.05, 4.69) is 9.97 Å². The number of ether oxygens (including phenoxy) is 1. The van der Waals surface area contributed by atoms with Gasteiger partial charge in [-0.3, -0.25) is 9.59 Å². The van der Waals surface area contributed by atoms with Crippen LogP contribution in [0.3, 0.4) is 0 Å². The smallest absolute Gasteiger partial charge is 0.358 e. The first kappa shape index (κ1) is 11.1. The van der Waals surface area contributed by atoms with Crippen LogP contribution in [-0.4, -0.2) is 46.1 Å². The minimum Gasteiger partial charge on any atom is -0.476 e. The Morgan fingerprint density at radius 3 is 2.41 bits per heavy atom. The number of hydrogen-bond donors (Lipinski definition) is 1. The molecule has 1 saturated heterocycles. The number of aromatic carboxylic acids is 1. The average molecular weight is 237 g/mol. The fourth-order valence-electron chi connectivity index (χ4n) is 1.38. The summed E-state index contributed by atoms with van der Waals surface area (Å²) < 4.78 is 4.71. The van der Waals surface area contributed by atoms with Crippen LogP contribution < -0.4 is 4.90 Å². The van der Waals surface area contributed by atoms with Crippen LogP contribution >= 0.6 is 0 Å². The zero-order valence-electron chi connectivity index (χ0n) is 8.49. The number of carboxylic acids is 1. The molecule has 1 aliphatic heterocycles. The topological polar surface area (TPSA) is 110 Å². The second-order valence-electron chi connectivity index (χ2n) is 3.15. The number of amides is 2. The van der Waals surface area contributed by atoms with E-state index in [1.165, 1.54) is 12.4 Å². The standard InChI is InChI=1S/C9H7N3O5/c13-5-3-17-4-6(14)12(5)8-7(9(15)16)10-1-2-11-8/h1-2H,3-4H2,(H,15,16). The third-order valence-electron chi connectivity index (χ3n) is 2.04. The monoisotopic (exact) mass is 237 g/mol. The lowest BCUT2D eigenvalue weighted by atomic mass is 10.3. The van der Waals surface area contributed by atoms with Gasteiger partial charge in [0.2, 0.25) is 0 Å². The van der Waals surface area contributed by atoms with Crippen LogP contribution in [0, 0.1) is 0 Å². The van der Waals surface area contributed by atoms with E-state index < -0.39 is 23.5 Å². The van der Waals surface area contributed by atoms with E-state index >= 15 is 0 Å². The van der Waals surface area contributed by atoms with Crippen molar-refractivity contribution < 1.29 is 24.2 Å². The Morgan fingerprint density at radius 2 is 1.82 bits per heavy atom. The summed E-state index contributed by atoms with van der Waals surface area (Å²) in [7, 11) is 0. The molecule has 1 fully saturated rings. The van der Waals surface area contributed by atoms with E-state index in [1.807, 2.05) is 0 Å². The van der Waals surface area contributed by atoms with Crippen molar-refractivity contribution in [2.75, 3.05) is 18.1 Å². The summed E-state index contributed by atoms with van der Waals surface area (Å²) in [6, 6.07) is 0. The van der Waals surface area contributed by atoms with Gasteiger partial charge in [0.1, 0.15) is 13.2 Å². The zero-order chi connectivity index (χ0) is 12.4. The van der Waals surface area contributed by atoms with Gasteiger partial charge in [-0.2, -0.15) is 0 Å². The molecule has 17 heavy (non-hydrogen) atoms. The van der Waals surface area contributed by atoms with E-state index in [0.29, 0.717) is 4.90 Å². The molecule has 2 amide bonds. The van der Waals surface area contributed by atoms with Crippen molar-refractivity contribution in [1.82, 2.24) is 9.97 Å². The highest BCUT2D eigenvalue weighted by Gasteiger charge is 2.32. The zero-order valence-corrected chi connectivity index (χ0v) is 8.49. The van der Waals surface area contributed by atoms with Crippen LogP contribution in [0.15, 0.2) is 12.4 Å². The van der Waals surface area contributed by atoms with Crippen molar-refractivity contribution in [3.63, 3.8) is 0 Å². The number of carbonyl (C=O) groups excluding carboxylic acids is 2. The van der Waals surface area contributed by atoms with Crippen molar-refractivity contribution >= 4 is 23.6 Å². The number of hydrogen-bond acceptors (Lipinski definition) is 6. The number of nitrogens with zero attached hydrogens (tertiary/aromatic N) is 3. The van der Waals surface area contributed by atoms with Crippen LogP contribution in [0.4, 0.5) is 5.82 Å². The molecule has 0 spiro atoms. The van der Waals surface area contributed by atoms with Crippen LogP contribution in [-0.2, 0) is 14.3 Å². The molecule has 0 aliphatic carbocycles. The van der Waals surface area contributed by atoms with Crippen LogP contribution in [0.5, 0.6) is 0 Å². The number of imide groups is 1. The van der Waals surface area contributed by atoms with Gasteiger partial charge in [0.25, 0.3) is 11.8 Å². The molecule has 0 radical (unpaired) electrons. The summed E-state index contributed by atoms with van der Waals surface area (Å²) >= 11 is 0. The second kappa shape index (κ2) is 4.26. The summed E-state index contributed by atoms with van der Waals surface area (Å²) in [5, 5.41) is 8.89. The molecule has 0 atom stereocenters. The third-order valence-corrected chi connectivity index (χ3v) is 2.04. The number of aromatic nitrogens is 2. The van der Waals surface area contributed by atoms with Crippen molar-refractivity contribution in [2.24, 2.45) is 0 Å². The maximum absolute atomic E-state index is 11.5. The summed E-state index contributed by atoms with van der Waals surface area (Å²) in [6.45, 7) is -0.581. The Balaban J connectivity index is 2.48. The number of carbonyl (C=O) groups is 3. The van der Waals surface area contributed by atoms with Crippen molar-refractivity contribution in [3.05, 3.63) is 18.1 Å². The lowest BCUT2D eigenvalue weighted by Crippen LogP contribution is -2.47. The highest BCUT2D eigenvalue weighted by molar-refractivity contribution is 6.18. The Kier molecular flexibility index (Phi) is 2.79. The molecule has 2 heterocycles. The maximum atomic E-state index is 11.5. The predicted octanol–water partition coefficient (Wildman–Crippen LogP) is -0.935. The number of rotatable bonds is 2. The summed E-state index contributed by atoms with van der Waals surface area (Å²) in [4.78, 5) is 41.9. The highest BCUT2D eigenvalue weighted by atomic mass is 16.5. The molecule has 8 heteroatoms. The van der Waals surface area contributed by atoms with Crippen molar-refractivity contribution in [1.29, 1.82) is 0 Å².